The molecule has 1 amide bonds. The lowest BCUT2D eigenvalue weighted by molar-refractivity contribution is -0.126. The summed E-state index contributed by atoms with van der Waals surface area (Å²) in [6, 6.07) is 17.2. The van der Waals surface area contributed by atoms with Crippen LogP contribution >= 0.6 is 0 Å². The average Bonchev–Trinajstić information content (AvgIpc) is 2.47. The molecule has 0 aliphatic heterocycles. The minimum atomic E-state index is -0.665. The quantitative estimate of drug-likeness (QED) is 0.834. The topological polar surface area (TPSA) is 58.4 Å². The van der Waals surface area contributed by atoms with Gasteiger partial charge >= 0.3 is 0 Å². The molecule has 0 radical (unpaired) electrons. The molecule has 0 aromatic heterocycles. The summed E-state index contributed by atoms with van der Waals surface area (Å²) in [6.07, 6.45) is 0. The van der Waals surface area contributed by atoms with Crippen LogP contribution in [0.5, 0.6) is 0 Å². The molecule has 2 rings (SSSR count). The first-order valence-electron chi connectivity index (χ1n) is 6.46. The van der Waals surface area contributed by atoms with Crippen molar-refractivity contribution in [2.45, 2.75) is 6.04 Å². The molecule has 3 N–H and O–H groups in total. The number of hydrazine groups is 1. The maximum absolute atomic E-state index is 11.8. The highest BCUT2D eigenvalue weighted by atomic mass is 16.2. The highest BCUT2D eigenvalue weighted by Crippen LogP contribution is 2.21. The molecule has 0 aliphatic rings. The molecular weight excluding hydrogens is 250 g/mol. The number of nitrogens with one attached hydrogen (secondary N) is 1. The Morgan fingerprint density at radius 1 is 1.00 bits per heavy atom. The van der Waals surface area contributed by atoms with Crippen LogP contribution in [0, 0.1) is 0 Å². The molecular formula is C16H19N3O. The van der Waals surface area contributed by atoms with Gasteiger partial charge in [0.1, 0.15) is 6.04 Å². The van der Waals surface area contributed by atoms with Crippen LogP contribution in [-0.4, -0.2) is 25.0 Å². The summed E-state index contributed by atoms with van der Waals surface area (Å²) in [5.74, 6) is -0.220. The van der Waals surface area contributed by atoms with Crippen molar-refractivity contribution in [1.29, 1.82) is 0 Å². The van der Waals surface area contributed by atoms with E-state index in [1.54, 1.807) is 19.1 Å². The second-order valence-corrected chi connectivity index (χ2v) is 4.84. The van der Waals surface area contributed by atoms with E-state index >= 15 is 0 Å². The largest absolute Gasteiger partial charge is 0.316 e. The number of hydrogen-bond donors (Lipinski definition) is 2. The standard InChI is InChI=1S/C16H19N3O/c1-19(2)18-16(20)15(17)14-10-8-13(9-11-14)12-6-4-3-5-7-12/h3-11,15H,17H2,1-2H3,(H,18,20). The van der Waals surface area contributed by atoms with E-state index in [4.69, 9.17) is 5.73 Å². The Morgan fingerprint density at radius 3 is 2.10 bits per heavy atom. The van der Waals surface area contributed by atoms with Crippen molar-refractivity contribution in [3.8, 4) is 11.1 Å². The predicted molar refractivity (Wildman–Crippen MR) is 80.6 cm³/mol. The molecule has 4 heteroatoms. The maximum Gasteiger partial charge on any atom is 0.255 e. The van der Waals surface area contributed by atoms with Crippen LogP contribution in [0.2, 0.25) is 0 Å². The van der Waals surface area contributed by atoms with Gasteiger partial charge in [-0.15, -0.1) is 0 Å². The molecule has 0 fully saturated rings. The monoisotopic (exact) mass is 269 g/mol. The SMILES string of the molecule is CN(C)NC(=O)C(N)c1ccc(-c2ccccc2)cc1. The second-order valence-electron chi connectivity index (χ2n) is 4.84. The summed E-state index contributed by atoms with van der Waals surface area (Å²) < 4.78 is 0. The van der Waals surface area contributed by atoms with E-state index < -0.39 is 6.04 Å². The van der Waals surface area contributed by atoms with Crippen LogP contribution in [0.3, 0.4) is 0 Å². The number of amides is 1. The van der Waals surface area contributed by atoms with Crippen molar-refractivity contribution in [2.24, 2.45) is 5.73 Å². The van der Waals surface area contributed by atoms with Gasteiger partial charge in [0, 0.05) is 14.1 Å². The van der Waals surface area contributed by atoms with Crippen molar-refractivity contribution in [3.63, 3.8) is 0 Å². The molecule has 0 heterocycles. The lowest BCUT2D eigenvalue weighted by Gasteiger charge is -2.17. The Hall–Kier alpha value is -2.17. The second kappa shape index (κ2) is 6.32. The van der Waals surface area contributed by atoms with Gasteiger partial charge in [-0.3, -0.25) is 10.2 Å². The van der Waals surface area contributed by atoms with Crippen molar-refractivity contribution >= 4 is 5.91 Å². The molecule has 0 bridgehead atoms. The fourth-order valence-electron chi connectivity index (χ4n) is 1.95. The summed E-state index contributed by atoms with van der Waals surface area (Å²) in [7, 11) is 3.51. The Balaban J connectivity index is 2.14. The molecule has 20 heavy (non-hydrogen) atoms. The first-order chi connectivity index (χ1) is 9.58. The zero-order valence-corrected chi connectivity index (χ0v) is 11.7. The number of carbonyl (C=O) groups is 1. The first-order valence-corrected chi connectivity index (χ1v) is 6.46. The number of nitrogens with two attached hydrogens (primary N) is 1. The molecule has 0 aliphatic carbocycles. The van der Waals surface area contributed by atoms with E-state index in [-0.39, 0.29) is 5.91 Å². The lowest BCUT2D eigenvalue weighted by Crippen LogP contribution is -2.41. The molecule has 0 spiro atoms. The minimum absolute atomic E-state index is 0.220. The van der Waals surface area contributed by atoms with Gasteiger partial charge in [-0.1, -0.05) is 54.6 Å². The normalized spacial score (nSPS) is 12.2. The highest BCUT2D eigenvalue weighted by Gasteiger charge is 2.15. The van der Waals surface area contributed by atoms with E-state index in [1.807, 2.05) is 54.6 Å². The van der Waals surface area contributed by atoms with Crippen molar-refractivity contribution < 1.29 is 4.79 Å². The Bertz CT molecular complexity index is 564. The predicted octanol–water partition coefficient (Wildman–Crippen LogP) is 1.95. The number of benzene rings is 2. The molecule has 0 saturated carbocycles. The summed E-state index contributed by atoms with van der Waals surface area (Å²) >= 11 is 0. The fraction of sp³-hybridized carbons (Fsp3) is 0.188. The van der Waals surface area contributed by atoms with Gasteiger partial charge in [0.2, 0.25) is 0 Å². The van der Waals surface area contributed by atoms with E-state index in [9.17, 15) is 4.79 Å². The third-order valence-corrected chi connectivity index (χ3v) is 2.99. The molecule has 1 atom stereocenters. The van der Waals surface area contributed by atoms with Crippen LogP contribution in [0.1, 0.15) is 11.6 Å². The van der Waals surface area contributed by atoms with E-state index in [0.29, 0.717) is 0 Å². The molecule has 4 nitrogen and oxygen atoms in total. The maximum atomic E-state index is 11.8. The number of carbonyl (C=O) groups excluding carboxylic acids is 1. The van der Waals surface area contributed by atoms with Crippen molar-refractivity contribution in [1.82, 2.24) is 10.4 Å². The molecule has 104 valence electrons. The van der Waals surface area contributed by atoms with Gasteiger partial charge in [-0.05, 0) is 16.7 Å². The third-order valence-electron chi connectivity index (χ3n) is 2.99. The van der Waals surface area contributed by atoms with Crippen LogP contribution in [-0.2, 0) is 4.79 Å². The van der Waals surface area contributed by atoms with E-state index in [1.165, 1.54) is 0 Å². The summed E-state index contributed by atoms with van der Waals surface area (Å²) in [4.78, 5) is 11.8. The van der Waals surface area contributed by atoms with Gasteiger partial charge < -0.3 is 5.73 Å². The summed E-state index contributed by atoms with van der Waals surface area (Å²) in [6.45, 7) is 0. The van der Waals surface area contributed by atoms with Gasteiger partial charge in [0.25, 0.3) is 5.91 Å². The summed E-state index contributed by atoms with van der Waals surface area (Å²) in [5.41, 5.74) is 11.6. The number of rotatable bonds is 4. The van der Waals surface area contributed by atoms with Gasteiger partial charge in [0.05, 0.1) is 0 Å². The van der Waals surface area contributed by atoms with E-state index in [0.717, 1.165) is 16.7 Å². The van der Waals surface area contributed by atoms with Crippen LogP contribution in [0.15, 0.2) is 54.6 Å². The van der Waals surface area contributed by atoms with Crippen LogP contribution < -0.4 is 11.2 Å². The Kier molecular flexibility index (Phi) is 4.50. The van der Waals surface area contributed by atoms with Crippen molar-refractivity contribution in [3.05, 3.63) is 60.2 Å². The number of nitrogens with zero attached hydrogens (tertiary/aromatic N) is 1. The van der Waals surface area contributed by atoms with Gasteiger partial charge in [-0.25, -0.2) is 5.01 Å². The zero-order chi connectivity index (χ0) is 14.5. The lowest BCUT2D eigenvalue weighted by atomic mass is 10.0. The molecule has 2 aromatic rings. The Morgan fingerprint density at radius 2 is 1.55 bits per heavy atom. The van der Waals surface area contributed by atoms with Crippen molar-refractivity contribution in [2.75, 3.05) is 14.1 Å². The van der Waals surface area contributed by atoms with E-state index in [2.05, 4.69) is 5.43 Å². The Labute approximate surface area is 119 Å². The van der Waals surface area contributed by atoms with Crippen LogP contribution in [0.4, 0.5) is 0 Å². The summed E-state index contributed by atoms with van der Waals surface area (Å²) in [5, 5.41) is 1.58. The third kappa shape index (κ3) is 3.44. The molecule has 2 aromatic carbocycles. The van der Waals surface area contributed by atoms with Gasteiger partial charge in [0.15, 0.2) is 0 Å². The zero-order valence-electron chi connectivity index (χ0n) is 11.7. The number of hydrogen-bond acceptors (Lipinski definition) is 3. The molecule has 1 unspecified atom stereocenters. The first kappa shape index (κ1) is 14.2. The smallest absolute Gasteiger partial charge is 0.255 e. The van der Waals surface area contributed by atoms with Crippen LogP contribution in [0.25, 0.3) is 11.1 Å². The fourth-order valence-corrected chi connectivity index (χ4v) is 1.95. The highest BCUT2D eigenvalue weighted by molar-refractivity contribution is 5.82. The minimum Gasteiger partial charge on any atom is -0.316 e. The molecule has 0 saturated heterocycles. The van der Waals surface area contributed by atoms with Gasteiger partial charge in [-0.2, -0.15) is 0 Å². The average molecular weight is 269 g/mol.